The van der Waals surface area contributed by atoms with Crippen molar-refractivity contribution in [1.82, 2.24) is 5.16 Å². The largest absolute Gasteiger partial charge is 0.390 e. The Kier molecular flexibility index (Phi) is 5.66. The quantitative estimate of drug-likeness (QED) is 0.658. The molecule has 1 aromatic rings. The fourth-order valence-corrected chi connectivity index (χ4v) is 5.36. The number of rotatable bonds is 5. The summed E-state index contributed by atoms with van der Waals surface area (Å²) in [5, 5.41) is 37.7. The molecule has 2 fully saturated rings. The number of hydrogen-bond donors (Lipinski definition) is 3. The molecule has 2 aliphatic rings. The second kappa shape index (κ2) is 7.44. The van der Waals surface area contributed by atoms with Crippen LogP contribution >= 0.6 is 0 Å². The van der Waals surface area contributed by atoms with E-state index in [4.69, 9.17) is 9.26 Å². The van der Waals surface area contributed by atoms with Crippen molar-refractivity contribution >= 4 is 5.69 Å². The van der Waals surface area contributed by atoms with E-state index >= 15 is 0 Å². The van der Waals surface area contributed by atoms with Crippen LogP contribution < -0.4 is 4.90 Å². The average molecular weight is 395 g/mol. The van der Waals surface area contributed by atoms with Crippen molar-refractivity contribution in [1.29, 1.82) is 0 Å². The molecule has 2 heterocycles. The van der Waals surface area contributed by atoms with Crippen LogP contribution in [0.1, 0.15) is 51.5 Å². The van der Waals surface area contributed by atoms with Gasteiger partial charge in [-0.3, -0.25) is 0 Å². The second-order valence-corrected chi connectivity index (χ2v) is 8.91. The molecule has 7 heteroatoms. The van der Waals surface area contributed by atoms with E-state index in [2.05, 4.69) is 5.16 Å². The monoisotopic (exact) mass is 394 g/mol. The molecule has 3 rings (SSSR count). The minimum absolute atomic E-state index is 0.329. The molecular formula is C21H34N2O5. The summed E-state index contributed by atoms with van der Waals surface area (Å²) in [7, 11) is 1.56. The minimum atomic E-state index is -1.09. The first-order valence-electron chi connectivity index (χ1n) is 10.0. The van der Waals surface area contributed by atoms with E-state index in [0.717, 1.165) is 17.0 Å². The minimum Gasteiger partial charge on any atom is -0.390 e. The van der Waals surface area contributed by atoms with Crippen molar-refractivity contribution in [2.45, 2.75) is 83.3 Å². The molecular weight excluding hydrogens is 360 g/mol. The maximum atomic E-state index is 11.6. The van der Waals surface area contributed by atoms with Gasteiger partial charge in [0.05, 0.1) is 29.5 Å². The van der Waals surface area contributed by atoms with E-state index in [1.807, 2.05) is 45.6 Å². The van der Waals surface area contributed by atoms with Crippen molar-refractivity contribution in [3.8, 4) is 0 Å². The fourth-order valence-electron chi connectivity index (χ4n) is 5.36. The Balaban J connectivity index is 2.15. The Morgan fingerprint density at radius 3 is 2.64 bits per heavy atom. The van der Waals surface area contributed by atoms with Crippen LogP contribution in [0, 0.1) is 19.8 Å². The summed E-state index contributed by atoms with van der Waals surface area (Å²) < 4.78 is 11.1. The highest BCUT2D eigenvalue weighted by molar-refractivity contribution is 5.58. The number of aryl methyl sites for hydroxylation is 2. The first-order valence-corrected chi connectivity index (χ1v) is 10.0. The molecule has 158 valence electrons. The summed E-state index contributed by atoms with van der Waals surface area (Å²) in [6, 6.07) is 0. The Hall–Kier alpha value is -1.41. The van der Waals surface area contributed by atoms with Crippen LogP contribution in [0.4, 0.5) is 5.69 Å². The van der Waals surface area contributed by atoms with E-state index in [0.29, 0.717) is 31.6 Å². The number of hydrogen-bond acceptors (Lipinski definition) is 7. The van der Waals surface area contributed by atoms with Gasteiger partial charge in [-0.1, -0.05) is 16.8 Å². The number of fused-ring (bicyclic) bond motifs is 1. The number of anilines is 1. The molecule has 1 aliphatic heterocycles. The fraction of sp³-hybridized carbons (Fsp3) is 0.762. The van der Waals surface area contributed by atoms with E-state index in [1.165, 1.54) is 0 Å². The van der Waals surface area contributed by atoms with Crippen molar-refractivity contribution in [2.75, 3.05) is 18.6 Å². The van der Waals surface area contributed by atoms with Gasteiger partial charge in [-0.05, 0) is 53.9 Å². The Bertz CT molecular complexity index is 724. The predicted octanol–water partition coefficient (Wildman–Crippen LogP) is 2.10. The van der Waals surface area contributed by atoms with Crippen LogP contribution in [0.5, 0.6) is 0 Å². The van der Waals surface area contributed by atoms with Crippen LogP contribution in [0.15, 0.2) is 16.2 Å². The zero-order valence-electron chi connectivity index (χ0n) is 17.8. The Morgan fingerprint density at radius 2 is 2.11 bits per heavy atom. The molecule has 1 saturated carbocycles. The third kappa shape index (κ3) is 3.18. The molecule has 0 amide bonds. The SMILES string of the molecule is CO[C@@H]1[C@H](O)CC[C@]2(O)CN(c3c(C)noc3C)[C@](C)([C@H](O)CC=C(C)C)[C@@H]12. The normalized spacial score (nSPS) is 36.3. The van der Waals surface area contributed by atoms with Gasteiger partial charge in [0.25, 0.3) is 0 Å². The summed E-state index contributed by atoms with van der Waals surface area (Å²) in [5.41, 5.74) is 0.674. The molecule has 1 aliphatic carbocycles. The third-order valence-electron chi connectivity index (χ3n) is 6.76. The molecule has 0 unspecified atom stereocenters. The van der Waals surface area contributed by atoms with E-state index in [9.17, 15) is 15.3 Å². The predicted molar refractivity (Wildman–Crippen MR) is 106 cm³/mol. The first-order chi connectivity index (χ1) is 13.1. The lowest BCUT2D eigenvalue weighted by atomic mass is 9.65. The number of nitrogens with zero attached hydrogens (tertiary/aromatic N) is 2. The van der Waals surface area contributed by atoms with Crippen molar-refractivity contribution < 1.29 is 24.6 Å². The second-order valence-electron chi connectivity index (χ2n) is 8.91. The Labute approximate surface area is 167 Å². The van der Waals surface area contributed by atoms with Crippen molar-refractivity contribution in [3.05, 3.63) is 23.1 Å². The number of ether oxygens (including phenoxy) is 1. The van der Waals surface area contributed by atoms with Gasteiger partial charge in [-0.2, -0.15) is 0 Å². The molecule has 0 spiro atoms. The van der Waals surface area contributed by atoms with Crippen molar-refractivity contribution in [2.24, 2.45) is 5.92 Å². The maximum absolute atomic E-state index is 11.6. The lowest BCUT2D eigenvalue weighted by Crippen LogP contribution is -2.63. The number of β-amino-alcohol motifs (C(OH)–C–C–N with tert-alkyl or cyclic N) is 1. The first kappa shape index (κ1) is 21.3. The number of methoxy groups -OCH3 is 1. The summed E-state index contributed by atoms with van der Waals surface area (Å²) in [4.78, 5) is 2.03. The maximum Gasteiger partial charge on any atom is 0.157 e. The van der Waals surface area contributed by atoms with Crippen LogP contribution in [0.2, 0.25) is 0 Å². The summed E-state index contributed by atoms with van der Waals surface area (Å²) >= 11 is 0. The highest BCUT2D eigenvalue weighted by Gasteiger charge is 2.66. The zero-order chi connectivity index (χ0) is 20.9. The smallest absolute Gasteiger partial charge is 0.157 e. The van der Waals surface area contributed by atoms with Crippen LogP contribution in [0.3, 0.4) is 0 Å². The molecule has 0 aromatic carbocycles. The molecule has 0 radical (unpaired) electrons. The zero-order valence-corrected chi connectivity index (χ0v) is 17.8. The summed E-state index contributed by atoms with van der Waals surface area (Å²) in [6.45, 7) is 9.98. The number of aliphatic hydroxyl groups excluding tert-OH is 2. The lowest BCUT2D eigenvalue weighted by Gasteiger charge is -2.50. The van der Waals surface area contributed by atoms with Gasteiger partial charge in [-0.15, -0.1) is 0 Å². The standard InChI is InChI=1S/C21H34N2O5/c1-12(2)7-8-16(25)20(5)19-18(27-6)15(24)9-10-21(19,26)11-23(20)17-13(3)22-28-14(17)4/h7,15-16,18-19,24-26H,8-11H2,1-6H3/t15-,16-,18-,19-,20-,21+/m1/s1. The van der Waals surface area contributed by atoms with Gasteiger partial charge >= 0.3 is 0 Å². The molecule has 6 atom stereocenters. The highest BCUT2D eigenvalue weighted by Crippen LogP contribution is 2.54. The van der Waals surface area contributed by atoms with Crippen LogP contribution in [0.25, 0.3) is 0 Å². The summed E-state index contributed by atoms with van der Waals surface area (Å²) in [5.74, 6) is 0.179. The van der Waals surface area contributed by atoms with E-state index < -0.39 is 35.4 Å². The molecule has 1 saturated heterocycles. The Morgan fingerprint density at radius 1 is 1.43 bits per heavy atom. The van der Waals surface area contributed by atoms with Gasteiger partial charge < -0.3 is 29.5 Å². The van der Waals surface area contributed by atoms with E-state index in [-0.39, 0.29) is 0 Å². The van der Waals surface area contributed by atoms with Gasteiger partial charge in [-0.25, -0.2) is 0 Å². The molecule has 28 heavy (non-hydrogen) atoms. The third-order valence-corrected chi connectivity index (χ3v) is 6.76. The summed E-state index contributed by atoms with van der Waals surface area (Å²) in [6.07, 6.45) is 1.31. The topological polar surface area (TPSA) is 99.2 Å². The van der Waals surface area contributed by atoms with Crippen LogP contribution in [-0.4, -0.2) is 63.6 Å². The van der Waals surface area contributed by atoms with E-state index in [1.54, 1.807) is 7.11 Å². The van der Waals surface area contributed by atoms with Gasteiger partial charge in [0.2, 0.25) is 0 Å². The van der Waals surface area contributed by atoms with Gasteiger partial charge in [0.15, 0.2) is 5.76 Å². The number of allylic oxidation sites excluding steroid dienone is 1. The molecule has 1 aromatic heterocycles. The van der Waals surface area contributed by atoms with Gasteiger partial charge in [0.1, 0.15) is 11.4 Å². The highest BCUT2D eigenvalue weighted by atomic mass is 16.5. The molecule has 7 nitrogen and oxygen atoms in total. The van der Waals surface area contributed by atoms with Crippen molar-refractivity contribution in [3.63, 3.8) is 0 Å². The number of aliphatic hydroxyl groups is 3. The molecule has 0 bridgehead atoms. The molecule has 3 N–H and O–H groups in total. The number of aromatic nitrogens is 1. The average Bonchev–Trinajstić information content (AvgIpc) is 3.08. The lowest BCUT2D eigenvalue weighted by molar-refractivity contribution is -0.164. The van der Waals surface area contributed by atoms with Crippen LogP contribution in [-0.2, 0) is 4.74 Å². The van der Waals surface area contributed by atoms with Gasteiger partial charge in [0, 0.05) is 19.6 Å².